The lowest BCUT2D eigenvalue weighted by Crippen LogP contribution is -2.37. The van der Waals surface area contributed by atoms with Gasteiger partial charge in [0.1, 0.15) is 0 Å². The van der Waals surface area contributed by atoms with Crippen LogP contribution in [0.2, 0.25) is 0 Å². The molecule has 0 aliphatic heterocycles. The zero-order valence-electron chi connectivity index (χ0n) is 11.4. The molecule has 0 radical (unpaired) electrons. The van der Waals surface area contributed by atoms with Crippen molar-refractivity contribution in [2.45, 2.75) is 64.0 Å². The quantitative estimate of drug-likeness (QED) is 0.878. The number of aromatic nitrogens is 1. The smallest absolute Gasteiger partial charge is 0.0605 e. The molecule has 1 unspecified atom stereocenters. The highest BCUT2D eigenvalue weighted by atomic mass is 15.0. The molecule has 2 nitrogen and oxygen atoms in total. The van der Waals surface area contributed by atoms with E-state index in [1.165, 1.54) is 56.2 Å². The molecule has 1 aromatic heterocycles. The summed E-state index contributed by atoms with van der Waals surface area (Å²) in [5.41, 5.74) is 2.77. The van der Waals surface area contributed by atoms with Gasteiger partial charge in [0.15, 0.2) is 0 Å². The molecular weight excluding hydrogens is 220 g/mol. The second-order valence-corrected chi connectivity index (χ2v) is 5.99. The zero-order valence-corrected chi connectivity index (χ0v) is 11.4. The number of hydrogen-bond acceptors (Lipinski definition) is 2. The molecule has 0 aromatic carbocycles. The van der Waals surface area contributed by atoms with Crippen LogP contribution in [0.25, 0.3) is 0 Å². The van der Waals surface area contributed by atoms with Crippen molar-refractivity contribution in [2.75, 3.05) is 0 Å². The van der Waals surface area contributed by atoms with Gasteiger partial charge >= 0.3 is 0 Å². The average Bonchev–Trinajstić information content (AvgIpc) is 2.93. The van der Waals surface area contributed by atoms with Crippen molar-refractivity contribution in [3.05, 3.63) is 29.6 Å². The van der Waals surface area contributed by atoms with Crippen LogP contribution in [0.15, 0.2) is 18.3 Å². The number of nitrogens with one attached hydrogen (secondary N) is 1. The maximum Gasteiger partial charge on any atom is 0.0605 e. The zero-order chi connectivity index (χ0) is 12.4. The van der Waals surface area contributed by atoms with Gasteiger partial charge in [0.25, 0.3) is 0 Å². The van der Waals surface area contributed by atoms with E-state index in [0.717, 1.165) is 5.92 Å². The second kappa shape index (κ2) is 5.40. The third-order valence-electron chi connectivity index (χ3n) is 4.77. The van der Waals surface area contributed by atoms with Crippen LogP contribution in [0, 0.1) is 5.92 Å². The van der Waals surface area contributed by atoms with Gasteiger partial charge in [0.05, 0.1) is 5.69 Å². The SMILES string of the molecule is C[C@@H](NC1CCCc2cccnc21)C1CCCC1. The molecule has 2 aliphatic rings. The minimum atomic E-state index is 0.491. The molecule has 0 saturated heterocycles. The van der Waals surface area contributed by atoms with Crippen molar-refractivity contribution in [1.82, 2.24) is 10.3 Å². The van der Waals surface area contributed by atoms with E-state index in [0.29, 0.717) is 12.1 Å². The summed E-state index contributed by atoms with van der Waals surface area (Å²) in [5, 5.41) is 3.85. The summed E-state index contributed by atoms with van der Waals surface area (Å²) in [6.45, 7) is 2.37. The van der Waals surface area contributed by atoms with E-state index in [4.69, 9.17) is 0 Å². The molecule has 1 saturated carbocycles. The average molecular weight is 244 g/mol. The van der Waals surface area contributed by atoms with E-state index in [1.54, 1.807) is 0 Å². The Morgan fingerprint density at radius 3 is 2.89 bits per heavy atom. The van der Waals surface area contributed by atoms with Crippen molar-refractivity contribution in [3.8, 4) is 0 Å². The second-order valence-electron chi connectivity index (χ2n) is 5.99. The number of rotatable bonds is 3. The van der Waals surface area contributed by atoms with Crippen LogP contribution < -0.4 is 5.32 Å². The fourth-order valence-corrected chi connectivity index (χ4v) is 3.68. The fourth-order valence-electron chi connectivity index (χ4n) is 3.68. The summed E-state index contributed by atoms with van der Waals surface area (Å²) in [6, 6.07) is 5.45. The molecule has 2 atom stereocenters. The van der Waals surface area contributed by atoms with Crippen LogP contribution in [0.5, 0.6) is 0 Å². The van der Waals surface area contributed by atoms with Gasteiger partial charge in [-0.15, -0.1) is 0 Å². The molecule has 0 spiro atoms. The van der Waals surface area contributed by atoms with Crippen LogP contribution in [0.1, 0.15) is 62.7 Å². The lowest BCUT2D eigenvalue weighted by Gasteiger charge is -2.30. The standard InChI is InChI=1S/C16H24N2/c1-12(13-6-2-3-7-13)18-15-10-4-8-14-9-5-11-17-16(14)15/h5,9,11-13,15,18H,2-4,6-8,10H2,1H3/t12-,15?/m1/s1. The van der Waals surface area contributed by atoms with E-state index in [1.807, 2.05) is 6.20 Å². The molecule has 2 heteroatoms. The Kier molecular flexibility index (Phi) is 3.64. The lowest BCUT2D eigenvalue weighted by molar-refractivity contribution is 0.320. The summed E-state index contributed by atoms with van der Waals surface area (Å²) < 4.78 is 0. The summed E-state index contributed by atoms with van der Waals surface area (Å²) in [7, 11) is 0. The van der Waals surface area contributed by atoms with Gasteiger partial charge in [-0.1, -0.05) is 18.9 Å². The summed E-state index contributed by atoms with van der Waals surface area (Å²) in [4.78, 5) is 4.62. The Morgan fingerprint density at radius 1 is 1.22 bits per heavy atom. The first kappa shape index (κ1) is 12.2. The Hall–Kier alpha value is -0.890. The van der Waals surface area contributed by atoms with Gasteiger partial charge in [0.2, 0.25) is 0 Å². The van der Waals surface area contributed by atoms with Crippen LogP contribution in [0.4, 0.5) is 0 Å². The lowest BCUT2D eigenvalue weighted by atomic mass is 9.90. The highest BCUT2D eigenvalue weighted by Gasteiger charge is 2.27. The highest BCUT2D eigenvalue weighted by molar-refractivity contribution is 5.25. The van der Waals surface area contributed by atoms with Gasteiger partial charge in [-0.3, -0.25) is 4.98 Å². The van der Waals surface area contributed by atoms with Crippen molar-refractivity contribution in [1.29, 1.82) is 0 Å². The predicted molar refractivity (Wildman–Crippen MR) is 74.5 cm³/mol. The maximum atomic E-state index is 4.62. The summed E-state index contributed by atoms with van der Waals surface area (Å²) in [6.07, 6.45) is 11.4. The summed E-state index contributed by atoms with van der Waals surface area (Å²) in [5.74, 6) is 0.888. The first-order chi connectivity index (χ1) is 8.84. The van der Waals surface area contributed by atoms with E-state index < -0.39 is 0 Å². The number of aryl methyl sites for hydroxylation is 1. The number of fused-ring (bicyclic) bond motifs is 1. The Balaban J connectivity index is 1.70. The maximum absolute atomic E-state index is 4.62. The van der Waals surface area contributed by atoms with Crippen molar-refractivity contribution in [3.63, 3.8) is 0 Å². The molecule has 98 valence electrons. The first-order valence-corrected chi connectivity index (χ1v) is 7.54. The summed E-state index contributed by atoms with van der Waals surface area (Å²) >= 11 is 0. The third kappa shape index (κ3) is 2.44. The highest BCUT2D eigenvalue weighted by Crippen LogP contribution is 2.32. The Labute approximate surface area is 110 Å². The molecule has 1 heterocycles. The molecule has 1 aromatic rings. The molecule has 0 bridgehead atoms. The van der Waals surface area contributed by atoms with Gasteiger partial charge < -0.3 is 5.32 Å². The molecular formula is C16H24N2. The van der Waals surface area contributed by atoms with E-state index in [2.05, 4.69) is 29.4 Å². The molecule has 2 aliphatic carbocycles. The monoisotopic (exact) mass is 244 g/mol. The molecule has 0 amide bonds. The van der Waals surface area contributed by atoms with E-state index in [9.17, 15) is 0 Å². The predicted octanol–water partition coefficient (Wildman–Crippen LogP) is 3.63. The molecule has 1 fully saturated rings. The first-order valence-electron chi connectivity index (χ1n) is 7.54. The minimum Gasteiger partial charge on any atom is -0.306 e. The van der Waals surface area contributed by atoms with Gasteiger partial charge in [-0.2, -0.15) is 0 Å². The van der Waals surface area contributed by atoms with Crippen LogP contribution in [-0.4, -0.2) is 11.0 Å². The van der Waals surface area contributed by atoms with Crippen LogP contribution in [0.3, 0.4) is 0 Å². The Bertz CT molecular complexity index is 396. The largest absolute Gasteiger partial charge is 0.306 e. The fraction of sp³-hybridized carbons (Fsp3) is 0.688. The van der Waals surface area contributed by atoms with E-state index >= 15 is 0 Å². The van der Waals surface area contributed by atoms with E-state index in [-0.39, 0.29) is 0 Å². The molecule has 18 heavy (non-hydrogen) atoms. The topological polar surface area (TPSA) is 24.9 Å². The van der Waals surface area contributed by atoms with Crippen molar-refractivity contribution < 1.29 is 0 Å². The van der Waals surface area contributed by atoms with Crippen LogP contribution >= 0.6 is 0 Å². The Morgan fingerprint density at radius 2 is 2.06 bits per heavy atom. The van der Waals surface area contributed by atoms with Gasteiger partial charge in [0, 0.05) is 18.3 Å². The number of nitrogens with zero attached hydrogens (tertiary/aromatic N) is 1. The van der Waals surface area contributed by atoms with Crippen molar-refractivity contribution >= 4 is 0 Å². The third-order valence-corrected chi connectivity index (χ3v) is 4.77. The molecule has 3 rings (SSSR count). The number of hydrogen-bond donors (Lipinski definition) is 1. The normalized spacial score (nSPS) is 25.9. The number of pyridine rings is 1. The van der Waals surface area contributed by atoms with Gasteiger partial charge in [-0.25, -0.2) is 0 Å². The van der Waals surface area contributed by atoms with Gasteiger partial charge in [-0.05, 0) is 56.6 Å². The molecule has 1 N–H and O–H groups in total. The minimum absolute atomic E-state index is 0.491. The van der Waals surface area contributed by atoms with Crippen LogP contribution in [-0.2, 0) is 6.42 Å². The van der Waals surface area contributed by atoms with Crippen molar-refractivity contribution in [2.24, 2.45) is 5.92 Å².